The molecule has 0 radical (unpaired) electrons. The van der Waals surface area contributed by atoms with Crippen molar-refractivity contribution >= 4 is 28.2 Å². The van der Waals surface area contributed by atoms with Gasteiger partial charge in [0.2, 0.25) is 0 Å². The number of hydrogen-bond acceptors (Lipinski definition) is 5. The van der Waals surface area contributed by atoms with Crippen molar-refractivity contribution in [2.75, 3.05) is 45.7 Å². The normalized spacial score (nSPS) is 15.4. The van der Waals surface area contributed by atoms with Gasteiger partial charge in [0.1, 0.15) is 12.3 Å². The average molecular weight is 421 g/mol. The van der Waals surface area contributed by atoms with E-state index in [0.29, 0.717) is 6.61 Å². The molecule has 0 aromatic heterocycles. The summed E-state index contributed by atoms with van der Waals surface area (Å²) in [5, 5.41) is 7.01. The quantitative estimate of drug-likeness (QED) is 0.221. The van der Waals surface area contributed by atoms with Gasteiger partial charge in [0.15, 0.2) is 0 Å². The van der Waals surface area contributed by atoms with Gasteiger partial charge in [-0.2, -0.15) is 0 Å². The van der Waals surface area contributed by atoms with Crippen LogP contribution in [0.1, 0.15) is 17.5 Å². The number of oxime groups is 1. The molecule has 1 aliphatic heterocycles. The standard InChI is InChI=1S/C25H28N2O2S/c1-30-22-12-10-21(11-13-22)25(24-9-4-7-20-6-2-3-8-23(20)24)26-29-17-5-14-27-15-18-28-19-16-27/h2-4,6-13H,5,14-19H2,1H3/b26-25-. The fraction of sp³-hybridized carbons (Fsp3) is 0.320. The van der Waals surface area contributed by atoms with Crippen molar-refractivity contribution in [3.63, 3.8) is 0 Å². The summed E-state index contributed by atoms with van der Waals surface area (Å²) in [5.74, 6) is 0. The molecule has 0 unspecified atom stereocenters. The summed E-state index contributed by atoms with van der Waals surface area (Å²) >= 11 is 1.74. The van der Waals surface area contributed by atoms with E-state index in [2.05, 4.69) is 83.0 Å². The zero-order chi connectivity index (χ0) is 20.6. The Morgan fingerprint density at radius 2 is 1.77 bits per heavy atom. The molecule has 0 saturated carbocycles. The van der Waals surface area contributed by atoms with Gasteiger partial charge in [0.05, 0.1) is 13.2 Å². The lowest BCUT2D eigenvalue weighted by Crippen LogP contribution is -2.37. The maximum absolute atomic E-state index is 5.83. The molecule has 4 nitrogen and oxygen atoms in total. The Balaban J connectivity index is 1.54. The first-order valence-electron chi connectivity index (χ1n) is 10.5. The van der Waals surface area contributed by atoms with Gasteiger partial charge in [-0.1, -0.05) is 59.8 Å². The number of benzene rings is 3. The molecule has 1 heterocycles. The second-order valence-electron chi connectivity index (χ2n) is 7.34. The topological polar surface area (TPSA) is 34.1 Å². The smallest absolute Gasteiger partial charge is 0.118 e. The molecule has 0 spiro atoms. The lowest BCUT2D eigenvalue weighted by atomic mass is 9.97. The van der Waals surface area contributed by atoms with Gasteiger partial charge in [-0.25, -0.2) is 0 Å². The van der Waals surface area contributed by atoms with E-state index in [0.717, 1.165) is 56.1 Å². The van der Waals surface area contributed by atoms with Crippen LogP contribution in [0.2, 0.25) is 0 Å². The van der Waals surface area contributed by atoms with Gasteiger partial charge < -0.3 is 9.57 Å². The van der Waals surface area contributed by atoms with Crippen molar-refractivity contribution in [2.24, 2.45) is 5.16 Å². The highest BCUT2D eigenvalue weighted by Gasteiger charge is 2.13. The Bertz CT molecular complexity index is 977. The highest BCUT2D eigenvalue weighted by molar-refractivity contribution is 7.98. The number of morpholine rings is 1. The van der Waals surface area contributed by atoms with Crippen molar-refractivity contribution in [1.29, 1.82) is 0 Å². The summed E-state index contributed by atoms with van der Waals surface area (Å²) in [6.07, 6.45) is 3.05. The number of rotatable bonds is 8. The minimum absolute atomic E-state index is 0.606. The van der Waals surface area contributed by atoms with E-state index < -0.39 is 0 Å². The monoisotopic (exact) mass is 420 g/mol. The Morgan fingerprint density at radius 1 is 1.00 bits per heavy atom. The van der Waals surface area contributed by atoms with Crippen molar-refractivity contribution in [2.45, 2.75) is 11.3 Å². The van der Waals surface area contributed by atoms with Gasteiger partial charge >= 0.3 is 0 Å². The zero-order valence-corrected chi connectivity index (χ0v) is 18.2. The van der Waals surface area contributed by atoms with E-state index in [-0.39, 0.29) is 0 Å². The first-order valence-corrected chi connectivity index (χ1v) is 11.7. The van der Waals surface area contributed by atoms with Crippen LogP contribution < -0.4 is 0 Å². The van der Waals surface area contributed by atoms with E-state index in [1.54, 1.807) is 11.8 Å². The zero-order valence-electron chi connectivity index (χ0n) is 17.4. The van der Waals surface area contributed by atoms with Crippen LogP contribution in [0.15, 0.2) is 76.8 Å². The first kappa shape index (κ1) is 20.9. The molecule has 4 rings (SSSR count). The maximum atomic E-state index is 5.83. The molecular formula is C25H28N2O2S. The molecule has 0 N–H and O–H groups in total. The summed E-state index contributed by atoms with van der Waals surface area (Å²) < 4.78 is 5.41. The van der Waals surface area contributed by atoms with E-state index in [1.165, 1.54) is 15.7 Å². The second-order valence-corrected chi connectivity index (χ2v) is 8.22. The number of hydrogen-bond donors (Lipinski definition) is 0. The third kappa shape index (κ3) is 5.22. The Morgan fingerprint density at radius 3 is 2.57 bits per heavy atom. The first-order chi connectivity index (χ1) is 14.8. The van der Waals surface area contributed by atoms with Crippen molar-refractivity contribution in [3.8, 4) is 0 Å². The average Bonchev–Trinajstić information content (AvgIpc) is 2.82. The minimum Gasteiger partial charge on any atom is -0.395 e. The van der Waals surface area contributed by atoms with Crippen LogP contribution in [-0.4, -0.2) is 56.3 Å². The van der Waals surface area contributed by atoms with Crippen LogP contribution >= 0.6 is 11.8 Å². The minimum atomic E-state index is 0.606. The molecule has 1 aliphatic rings. The maximum Gasteiger partial charge on any atom is 0.118 e. The van der Waals surface area contributed by atoms with Crippen LogP contribution in [0, 0.1) is 0 Å². The van der Waals surface area contributed by atoms with E-state index in [9.17, 15) is 0 Å². The van der Waals surface area contributed by atoms with E-state index in [4.69, 9.17) is 9.57 Å². The third-order valence-electron chi connectivity index (χ3n) is 5.38. The highest BCUT2D eigenvalue weighted by Crippen LogP contribution is 2.24. The van der Waals surface area contributed by atoms with Crippen LogP contribution in [0.5, 0.6) is 0 Å². The molecule has 0 amide bonds. The van der Waals surface area contributed by atoms with Gasteiger partial charge in [-0.15, -0.1) is 11.8 Å². The SMILES string of the molecule is CSc1ccc(/C(=N/OCCCN2CCOCC2)c2cccc3ccccc23)cc1. The lowest BCUT2D eigenvalue weighted by Gasteiger charge is -2.26. The molecule has 156 valence electrons. The third-order valence-corrected chi connectivity index (χ3v) is 6.12. The van der Waals surface area contributed by atoms with Crippen molar-refractivity contribution < 1.29 is 9.57 Å². The predicted octanol–water partition coefficient (Wildman–Crippen LogP) is 5.05. The largest absolute Gasteiger partial charge is 0.395 e. The summed E-state index contributed by atoms with van der Waals surface area (Å²) in [6.45, 7) is 5.30. The summed E-state index contributed by atoms with van der Waals surface area (Å²) in [6, 6.07) is 23.3. The Labute approximate surface area is 182 Å². The predicted molar refractivity (Wildman–Crippen MR) is 126 cm³/mol. The summed E-state index contributed by atoms with van der Waals surface area (Å²) in [5.41, 5.74) is 3.04. The van der Waals surface area contributed by atoms with E-state index >= 15 is 0 Å². The Kier molecular flexibility index (Phi) is 7.40. The van der Waals surface area contributed by atoms with Crippen molar-refractivity contribution in [1.82, 2.24) is 4.90 Å². The van der Waals surface area contributed by atoms with Gasteiger partial charge in [-0.05, 0) is 35.6 Å². The van der Waals surface area contributed by atoms with Crippen molar-refractivity contribution in [3.05, 3.63) is 77.9 Å². The molecule has 30 heavy (non-hydrogen) atoms. The summed E-state index contributed by atoms with van der Waals surface area (Å²) in [4.78, 5) is 9.48. The molecule has 0 atom stereocenters. The van der Waals surface area contributed by atoms with Crippen LogP contribution in [-0.2, 0) is 9.57 Å². The van der Waals surface area contributed by atoms with E-state index in [1.807, 2.05) is 0 Å². The number of thioether (sulfide) groups is 1. The van der Waals surface area contributed by atoms with Gasteiger partial charge in [-0.3, -0.25) is 4.90 Å². The fourth-order valence-electron chi connectivity index (χ4n) is 3.73. The van der Waals surface area contributed by atoms with Crippen LogP contribution in [0.4, 0.5) is 0 Å². The van der Waals surface area contributed by atoms with Crippen LogP contribution in [0.25, 0.3) is 10.8 Å². The van der Waals surface area contributed by atoms with Gasteiger partial charge in [0, 0.05) is 35.7 Å². The number of ether oxygens (including phenoxy) is 1. The molecule has 0 aliphatic carbocycles. The highest BCUT2D eigenvalue weighted by atomic mass is 32.2. The molecule has 1 saturated heterocycles. The second kappa shape index (κ2) is 10.6. The Hall–Kier alpha value is -2.34. The lowest BCUT2D eigenvalue weighted by molar-refractivity contribution is 0.0323. The summed E-state index contributed by atoms with van der Waals surface area (Å²) in [7, 11) is 0. The number of nitrogens with zero attached hydrogens (tertiary/aromatic N) is 2. The number of fused-ring (bicyclic) bond motifs is 1. The van der Waals surface area contributed by atoms with Crippen LogP contribution in [0.3, 0.4) is 0 Å². The molecule has 3 aromatic carbocycles. The molecular weight excluding hydrogens is 392 g/mol. The molecule has 1 fully saturated rings. The molecule has 5 heteroatoms. The molecule has 0 bridgehead atoms. The fourth-order valence-corrected chi connectivity index (χ4v) is 4.13. The van der Waals surface area contributed by atoms with Gasteiger partial charge in [0.25, 0.3) is 0 Å². The molecule has 3 aromatic rings.